The summed E-state index contributed by atoms with van der Waals surface area (Å²) in [5.74, 6) is 0.590. The highest BCUT2D eigenvalue weighted by Crippen LogP contribution is 2.43. The van der Waals surface area contributed by atoms with E-state index in [-0.39, 0.29) is 17.5 Å². The van der Waals surface area contributed by atoms with Crippen LogP contribution in [0.4, 0.5) is 0 Å². The SMILES string of the molecule is COc1cc2oc(-c3ccccc3)c(-c3ccccc3)c2cc1/C=C(\NC(=O)c1ccccc1)C(=O)N1CCOCC1. The zero-order chi connectivity index (χ0) is 28.9. The molecule has 6 rings (SSSR count). The lowest BCUT2D eigenvalue weighted by molar-refractivity contribution is -0.131. The van der Waals surface area contributed by atoms with Crippen LogP contribution in [-0.2, 0) is 9.53 Å². The van der Waals surface area contributed by atoms with Crippen LogP contribution in [0.5, 0.6) is 5.75 Å². The molecule has 7 nitrogen and oxygen atoms in total. The van der Waals surface area contributed by atoms with Crippen molar-refractivity contribution in [1.82, 2.24) is 10.2 Å². The molecule has 2 heterocycles. The highest BCUT2D eigenvalue weighted by molar-refractivity contribution is 6.07. The van der Waals surface area contributed by atoms with Crippen molar-refractivity contribution in [3.63, 3.8) is 0 Å². The molecule has 0 atom stereocenters. The van der Waals surface area contributed by atoms with Gasteiger partial charge in [-0.15, -0.1) is 0 Å². The molecule has 0 spiro atoms. The molecule has 1 aromatic heterocycles. The Morgan fingerprint density at radius 3 is 2.10 bits per heavy atom. The smallest absolute Gasteiger partial charge is 0.270 e. The number of furan rings is 1. The molecular formula is C35H30N2O5. The zero-order valence-corrected chi connectivity index (χ0v) is 23.2. The van der Waals surface area contributed by atoms with Crippen molar-refractivity contribution in [2.24, 2.45) is 0 Å². The number of nitrogens with zero attached hydrogens (tertiary/aromatic N) is 1. The van der Waals surface area contributed by atoms with Crippen LogP contribution in [-0.4, -0.2) is 50.1 Å². The molecule has 0 unspecified atom stereocenters. The second kappa shape index (κ2) is 12.2. The first-order valence-electron chi connectivity index (χ1n) is 13.8. The number of fused-ring (bicyclic) bond motifs is 1. The Labute approximate surface area is 244 Å². The van der Waals surface area contributed by atoms with Gasteiger partial charge < -0.3 is 24.1 Å². The van der Waals surface area contributed by atoms with E-state index in [4.69, 9.17) is 13.9 Å². The maximum Gasteiger partial charge on any atom is 0.270 e. The summed E-state index contributed by atoms with van der Waals surface area (Å²) < 4.78 is 17.7. The Kier molecular flexibility index (Phi) is 7.83. The van der Waals surface area contributed by atoms with Gasteiger partial charge >= 0.3 is 0 Å². The Hall–Kier alpha value is -5.14. The van der Waals surface area contributed by atoms with E-state index < -0.39 is 0 Å². The van der Waals surface area contributed by atoms with Crippen molar-refractivity contribution < 1.29 is 23.5 Å². The average molecular weight is 559 g/mol. The number of benzene rings is 4. The van der Waals surface area contributed by atoms with Crippen molar-refractivity contribution in [1.29, 1.82) is 0 Å². The molecule has 1 saturated heterocycles. The minimum absolute atomic E-state index is 0.149. The minimum atomic E-state index is -0.372. The predicted molar refractivity (Wildman–Crippen MR) is 163 cm³/mol. The van der Waals surface area contributed by atoms with Gasteiger partial charge in [0.2, 0.25) is 0 Å². The monoisotopic (exact) mass is 558 g/mol. The Morgan fingerprint density at radius 1 is 0.833 bits per heavy atom. The largest absolute Gasteiger partial charge is 0.496 e. The van der Waals surface area contributed by atoms with E-state index >= 15 is 0 Å². The van der Waals surface area contributed by atoms with Crippen LogP contribution in [0.3, 0.4) is 0 Å². The van der Waals surface area contributed by atoms with Gasteiger partial charge in [0.05, 0.1) is 20.3 Å². The third-order valence-electron chi connectivity index (χ3n) is 7.25. The normalized spacial score (nSPS) is 13.6. The van der Waals surface area contributed by atoms with E-state index in [2.05, 4.69) is 5.32 Å². The predicted octanol–water partition coefficient (Wildman–Crippen LogP) is 6.41. The summed E-state index contributed by atoms with van der Waals surface area (Å²) >= 11 is 0. The summed E-state index contributed by atoms with van der Waals surface area (Å²) in [7, 11) is 1.57. The van der Waals surface area contributed by atoms with Gasteiger partial charge in [0, 0.05) is 46.8 Å². The quantitative estimate of drug-likeness (QED) is 0.234. The fourth-order valence-corrected chi connectivity index (χ4v) is 5.14. The van der Waals surface area contributed by atoms with Gasteiger partial charge in [-0.05, 0) is 29.8 Å². The summed E-state index contributed by atoms with van der Waals surface area (Å²) in [6.07, 6.45) is 1.68. The molecule has 7 heteroatoms. The highest BCUT2D eigenvalue weighted by Gasteiger charge is 2.25. The number of amides is 2. The molecule has 1 fully saturated rings. The molecule has 5 aromatic rings. The molecule has 4 aromatic carbocycles. The Morgan fingerprint density at radius 2 is 1.45 bits per heavy atom. The summed E-state index contributed by atoms with van der Waals surface area (Å²) in [5.41, 5.74) is 4.76. The van der Waals surface area contributed by atoms with E-state index in [1.54, 1.807) is 42.4 Å². The van der Waals surface area contributed by atoms with Crippen molar-refractivity contribution in [3.05, 3.63) is 120 Å². The van der Waals surface area contributed by atoms with Crippen LogP contribution in [0.1, 0.15) is 15.9 Å². The lowest BCUT2D eigenvalue weighted by Crippen LogP contribution is -2.44. The Balaban J connectivity index is 1.51. The molecule has 0 aliphatic carbocycles. The lowest BCUT2D eigenvalue weighted by Gasteiger charge is -2.28. The molecular weight excluding hydrogens is 528 g/mol. The number of carbonyl (C=O) groups excluding carboxylic acids is 2. The van der Waals surface area contributed by atoms with E-state index in [0.29, 0.717) is 48.8 Å². The molecule has 42 heavy (non-hydrogen) atoms. The lowest BCUT2D eigenvalue weighted by atomic mass is 9.97. The number of rotatable bonds is 7. The van der Waals surface area contributed by atoms with E-state index in [1.165, 1.54) is 0 Å². The van der Waals surface area contributed by atoms with Crippen LogP contribution in [0.15, 0.2) is 113 Å². The second-order valence-electron chi connectivity index (χ2n) is 9.91. The maximum atomic E-state index is 13.7. The van der Waals surface area contributed by atoms with Crippen molar-refractivity contribution in [2.75, 3.05) is 33.4 Å². The van der Waals surface area contributed by atoms with Gasteiger partial charge in [-0.25, -0.2) is 0 Å². The maximum absolute atomic E-state index is 13.7. The van der Waals surface area contributed by atoms with Crippen molar-refractivity contribution in [2.45, 2.75) is 0 Å². The van der Waals surface area contributed by atoms with Crippen LogP contribution >= 0.6 is 0 Å². The van der Waals surface area contributed by atoms with Crippen molar-refractivity contribution in [3.8, 4) is 28.2 Å². The number of methoxy groups -OCH3 is 1. The van der Waals surface area contributed by atoms with Gasteiger partial charge in [0.1, 0.15) is 22.8 Å². The van der Waals surface area contributed by atoms with E-state index in [0.717, 1.165) is 27.8 Å². The number of ether oxygens (including phenoxy) is 2. The number of nitrogens with one attached hydrogen (secondary N) is 1. The first kappa shape index (κ1) is 27.1. The summed E-state index contributed by atoms with van der Waals surface area (Å²) in [5, 5.41) is 3.73. The van der Waals surface area contributed by atoms with E-state index in [9.17, 15) is 9.59 Å². The molecule has 0 saturated carbocycles. The van der Waals surface area contributed by atoms with Gasteiger partial charge in [-0.3, -0.25) is 9.59 Å². The second-order valence-corrected chi connectivity index (χ2v) is 9.91. The summed E-state index contributed by atoms with van der Waals surface area (Å²) in [4.78, 5) is 28.6. The zero-order valence-electron chi connectivity index (χ0n) is 23.2. The number of hydrogen-bond donors (Lipinski definition) is 1. The molecule has 210 valence electrons. The van der Waals surface area contributed by atoms with Gasteiger partial charge in [0.15, 0.2) is 0 Å². The fourth-order valence-electron chi connectivity index (χ4n) is 5.14. The summed E-state index contributed by atoms with van der Waals surface area (Å²) in [6, 6.07) is 32.6. The number of carbonyl (C=O) groups is 2. The number of hydrogen-bond acceptors (Lipinski definition) is 5. The third-order valence-corrected chi connectivity index (χ3v) is 7.25. The van der Waals surface area contributed by atoms with Crippen LogP contribution in [0.25, 0.3) is 39.5 Å². The first-order valence-corrected chi connectivity index (χ1v) is 13.8. The molecule has 1 N–H and O–H groups in total. The molecule has 1 aliphatic heterocycles. The number of morpholine rings is 1. The minimum Gasteiger partial charge on any atom is -0.496 e. The third kappa shape index (κ3) is 5.55. The van der Waals surface area contributed by atoms with Crippen molar-refractivity contribution >= 4 is 28.9 Å². The molecule has 0 bridgehead atoms. The molecule has 0 radical (unpaired) electrons. The fraction of sp³-hybridized carbons (Fsp3) is 0.143. The summed E-state index contributed by atoms with van der Waals surface area (Å²) in [6.45, 7) is 1.76. The van der Waals surface area contributed by atoms with Gasteiger partial charge in [-0.1, -0.05) is 78.9 Å². The van der Waals surface area contributed by atoms with Crippen LogP contribution < -0.4 is 10.1 Å². The molecule has 2 amide bonds. The van der Waals surface area contributed by atoms with Crippen LogP contribution in [0, 0.1) is 0 Å². The Bertz CT molecular complexity index is 1740. The van der Waals surface area contributed by atoms with Crippen LogP contribution in [0.2, 0.25) is 0 Å². The highest BCUT2D eigenvalue weighted by atomic mass is 16.5. The average Bonchev–Trinajstić information content (AvgIpc) is 3.43. The topological polar surface area (TPSA) is 81.0 Å². The first-order chi connectivity index (χ1) is 20.6. The van der Waals surface area contributed by atoms with E-state index in [1.807, 2.05) is 78.9 Å². The molecule has 1 aliphatic rings. The standard InChI is InChI=1S/C35H30N2O5/c1-40-30-23-31-28(32(24-11-5-2-6-12-24)33(42-31)25-13-7-3-8-14-25)21-27(30)22-29(35(39)37-17-19-41-20-18-37)36-34(38)26-15-9-4-10-16-26/h2-16,21-23H,17-20H2,1H3,(H,36,38)/b29-22-. The van der Waals surface area contributed by atoms with Gasteiger partial charge in [-0.2, -0.15) is 0 Å². The van der Waals surface area contributed by atoms with Gasteiger partial charge in [0.25, 0.3) is 11.8 Å².